The van der Waals surface area contributed by atoms with Crippen molar-refractivity contribution in [3.63, 3.8) is 0 Å². The summed E-state index contributed by atoms with van der Waals surface area (Å²) < 4.78 is 0. The van der Waals surface area contributed by atoms with Crippen LogP contribution in [0.3, 0.4) is 0 Å². The summed E-state index contributed by atoms with van der Waals surface area (Å²) in [5.74, 6) is -0.909. The van der Waals surface area contributed by atoms with Crippen molar-refractivity contribution in [2.24, 2.45) is 0 Å². The van der Waals surface area contributed by atoms with Crippen LogP contribution in [0.5, 0.6) is 0 Å². The Morgan fingerprint density at radius 3 is 2.37 bits per heavy atom. The van der Waals surface area contributed by atoms with Gasteiger partial charge in [-0.25, -0.2) is 4.98 Å². The molecule has 0 aliphatic rings. The molecule has 0 atom stereocenters. The first-order valence-corrected chi connectivity index (χ1v) is 7.10. The van der Waals surface area contributed by atoms with E-state index >= 15 is 0 Å². The van der Waals surface area contributed by atoms with Crippen molar-refractivity contribution < 1.29 is 9.90 Å². The Labute approximate surface area is 124 Å². The fourth-order valence-corrected chi connectivity index (χ4v) is 2.98. The third-order valence-electron chi connectivity index (χ3n) is 2.79. The van der Waals surface area contributed by atoms with Crippen LogP contribution in [0, 0.1) is 0 Å². The molecule has 1 N–H and O–H groups in total. The third-order valence-corrected chi connectivity index (χ3v) is 4.12. The minimum absolute atomic E-state index is 0.524. The molecule has 0 amide bonds. The van der Waals surface area contributed by atoms with Crippen LogP contribution in [-0.4, -0.2) is 16.1 Å². The highest BCUT2D eigenvalue weighted by atomic mass is 35.5. The molecule has 19 heavy (non-hydrogen) atoms. The van der Waals surface area contributed by atoms with Crippen LogP contribution in [0.4, 0.5) is 0 Å². The molecule has 0 spiro atoms. The van der Waals surface area contributed by atoms with E-state index in [2.05, 4.69) is 4.98 Å². The van der Waals surface area contributed by atoms with Gasteiger partial charge in [0.25, 0.3) is 0 Å². The molecule has 0 saturated carbocycles. The average Bonchev–Trinajstić information content (AvgIpc) is 2.76. The quantitative estimate of drug-likeness (QED) is 0.908. The smallest absolute Gasteiger partial charge is 0.315 e. The zero-order valence-electron chi connectivity index (χ0n) is 10.3. The Kier molecular flexibility index (Phi) is 3.85. The summed E-state index contributed by atoms with van der Waals surface area (Å²) in [6, 6.07) is 5.15. The van der Waals surface area contributed by atoms with E-state index in [1.165, 1.54) is 11.3 Å². The number of hydrogen-bond donors (Lipinski definition) is 1. The molecule has 1 heterocycles. The Balaban J connectivity index is 2.44. The van der Waals surface area contributed by atoms with E-state index in [9.17, 15) is 9.90 Å². The highest BCUT2D eigenvalue weighted by Crippen LogP contribution is 2.32. The van der Waals surface area contributed by atoms with Crippen LogP contribution in [-0.2, 0) is 10.2 Å². The molecule has 1 aromatic heterocycles. The molecule has 3 nitrogen and oxygen atoms in total. The molecule has 0 saturated heterocycles. The lowest BCUT2D eigenvalue weighted by molar-refractivity contribution is -0.142. The second kappa shape index (κ2) is 5.12. The van der Waals surface area contributed by atoms with Gasteiger partial charge in [-0.2, -0.15) is 0 Å². The zero-order chi connectivity index (χ0) is 14.2. The lowest BCUT2D eigenvalue weighted by atomic mass is 9.90. The number of aromatic nitrogens is 1. The van der Waals surface area contributed by atoms with Crippen LogP contribution in [0.2, 0.25) is 10.0 Å². The minimum Gasteiger partial charge on any atom is -0.481 e. The molecule has 6 heteroatoms. The molecule has 1 aromatic carbocycles. The van der Waals surface area contributed by atoms with E-state index in [4.69, 9.17) is 23.2 Å². The zero-order valence-corrected chi connectivity index (χ0v) is 12.6. The Morgan fingerprint density at radius 2 is 1.84 bits per heavy atom. The number of halogens is 2. The number of hydrogen-bond acceptors (Lipinski definition) is 3. The van der Waals surface area contributed by atoms with Crippen molar-refractivity contribution >= 4 is 40.5 Å². The number of carboxylic acid groups (broad SMARTS) is 1. The minimum atomic E-state index is -1.02. The van der Waals surface area contributed by atoms with Gasteiger partial charge in [0.2, 0.25) is 0 Å². The van der Waals surface area contributed by atoms with Gasteiger partial charge >= 0.3 is 5.97 Å². The molecule has 0 aliphatic heterocycles. The molecule has 0 radical (unpaired) electrons. The topological polar surface area (TPSA) is 50.2 Å². The summed E-state index contributed by atoms with van der Waals surface area (Å²) in [7, 11) is 0. The second-order valence-corrected chi connectivity index (χ2v) is 6.36. The fraction of sp³-hybridized carbons (Fsp3) is 0.231. The third kappa shape index (κ3) is 2.91. The predicted molar refractivity (Wildman–Crippen MR) is 78.2 cm³/mol. The number of benzene rings is 1. The Hall–Kier alpha value is -1.10. The Bertz CT molecular complexity index is 617. The SMILES string of the molecule is CC(C)(C(=O)O)c1csc(-c2cc(Cl)cc(Cl)c2)n1. The fourth-order valence-electron chi connectivity index (χ4n) is 1.48. The van der Waals surface area contributed by atoms with Gasteiger partial charge in [0.1, 0.15) is 10.4 Å². The standard InChI is InChI=1S/C13H11Cl2NO2S/c1-13(2,12(17)18)10-6-19-11(16-10)7-3-8(14)5-9(15)4-7/h3-6H,1-2H3,(H,17,18). The van der Waals surface area contributed by atoms with E-state index in [0.717, 1.165) is 5.56 Å². The molecule has 0 aliphatic carbocycles. The van der Waals surface area contributed by atoms with Crippen molar-refractivity contribution in [1.82, 2.24) is 4.98 Å². The van der Waals surface area contributed by atoms with Crippen molar-refractivity contribution in [2.75, 3.05) is 0 Å². The van der Waals surface area contributed by atoms with Gasteiger partial charge in [-0.15, -0.1) is 11.3 Å². The summed E-state index contributed by atoms with van der Waals surface area (Å²) in [5, 5.41) is 12.7. The number of carbonyl (C=O) groups is 1. The maximum Gasteiger partial charge on any atom is 0.315 e. The normalized spacial score (nSPS) is 11.6. The van der Waals surface area contributed by atoms with E-state index in [1.54, 1.807) is 37.4 Å². The number of nitrogens with zero attached hydrogens (tertiary/aromatic N) is 1. The van der Waals surface area contributed by atoms with Crippen molar-refractivity contribution in [3.8, 4) is 10.6 Å². The van der Waals surface area contributed by atoms with Crippen LogP contribution >= 0.6 is 34.5 Å². The van der Waals surface area contributed by atoms with Crippen molar-refractivity contribution in [2.45, 2.75) is 19.3 Å². The van der Waals surface area contributed by atoms with Gasteiger partial charge in [0.15, 0.2) is 0 Å². The maximum atomic E-state index is 11.2. The van der Waals surface area contributed by atoms with Crippen LogP contribution in [0.25, 0.3) is 10.6 Å². The molecule has 100 valence electrons. The molecular formula is C13H11Cl2NO2S. The summed E-state index contributed by atoms with van der Waals surface area (Å²) in [6.45, 7) is 3.25. The van der Waals surface area contributed by atoms with Gasteiger partial charge in [-0.05, 0) is 32.0 Å². The Morgan fingerprint density at radius 1 is 1.26 bits per heavy atom. The van der Waals surface area contributed by atoms with E-state index in [1.807, 2.05) is 0 Å². The van der Waals surface area contributed by atoms with Crippen LogP contribution in [0.15, 0.2) is 23.6 Å². The van der Waals surface area contributed by atoms with Crippen molar-refractivity contribution in [3.05, 3.63) is 39.3 Å². The first kappa shape index (κ1) is 14.3. The van der Waals surface area contributed by atoms with E-state index < -0.39 is 11.4 Å². The van der Waals surface area contributed by atoms with Gasteiger partial charge < -0.3 is 5.11 Å². The lowest BCUT2D eigenvalue weighted by Gasteiger charge is -2.15. The molecule has 0 bridgehead atoms. The number of rotatable bonds is 3. The second-order valence-electron chi connectivity index (χ2n) is 4.63. The first-order chi connectivity index (χ1) is 8.80. The van der Waals surface area contributed by atoms with E-state index in [0.29, 0.717) is 20.7 Å². The monoisotopic (exact) mass is 315 g/mol. The predicted octanol–water partition coefficient (Wildman–Crippen LogP) is 4.48. The number of thiazole rings is 1. The number of aliphatic carboxylic acids is 1. The van der Waals surface area contributed by atoms with Gasteiger partial charge in [-0.1, -0.05) is 23.2 Å². The maximum absolute atomic E-state index is 11.2. The van der Waals surface area contributed by atoms with Crippen molar-refractivity contribution in [1.29, 1.82) is 0 Å². The molecular weight excluding hydrogens is 305 g/mol. The highest BCUT2D eigenvalue weighted by Gasteiger charge is 2.32. The summed E-state index contributed by atoms with van der Waals surface area (Å²) in [5.41, 5.74) is 0.294. The molecule has 2 rings (SSSR count). The summed E-state index contributed by atoms with van der Waals surface area (Å²) >= 11 is 13.3. The lowest BCUT2D eigenvalue weighted by Crippen LogP contribution is -2.28. The largest absolute Gasteiger partial charge is 0.481 e. The summed E-state index contributed by atoms with van der Waals surface area (Å²) in [6.07, 6.45) is 0. The average molecular weight is 316 g/mol. The van der Waals surface area contributed by atoms with Gasteiger partial charge in [-0.3, -0.25) is 4.79 Å². The molecule has 0 fully saturated rings. The van der Waals surface area contributed by atoms with Crippen LogP contribution < -0.4 is 0 Å². The molecule has 2 aromatic rings. The van der Waals surface area contributed by atoms with Gasteiger partial charge in [0, 0.05) is 21.0 Å². The first-order valence-electron chi connectivity index (χ1n) is 5.46. The molecule has 0 unspecified atom stereocenters. The van der Waals surface area contributed by atoms with E-state index in [-0.39, 0.29) is 0 Å². The highest BCUT2D eigenvalue weighted by molar-refractivity contribution is 7.13. The summed E-state index contributed by atoms with van der Waals surface area (Å²) in [4.78, 5) is 15.6. The van der Waals surface area contributed by atoms with Gasteiger partial charge in [0.05, 0.1) is 5.69 Å². The van der Waals surface area contributed by atoms with Crippen LogP contribution in [0.1, 0.15) is 19.5 Å². The number of carboxylic acids is 1.